The lowest BCUT2D eigenvalue weighted by molar-refractivity contribution is -0.124. The molecule has 1 amide bonds. The van der Waals surface area contributed by atoms with Crippen molar-refractivity contribution >= 4 is 47.5 Å². The van der Waals surface area contributed by atoms with Crippen molar-refractivity contribution < 1.29 is 13.9 Å². The average Bonchev–Trinajstić information content (AvgIpc) is 2.79. The SMILES string of the molecule is Cc1nc2cc(NC(=O)C3(N)CCOCC3)ccc2o1.Cl.Cl. The molecule has 1 aliphatic heterocycles. The topological polar surface area (TPSA) is 90.4 Å². The van der Waals surface area contributed by atoms with Gasteiger partial charge in [0.25, 0.3) is 0 Å². The Kier molecular flexibility index (Phi) is 6.19. The van der Waals surface area contributed by atoms with Gasteiger partial charge < -0.3 is 20.2 Å². The van der Waals surface area contributed by atoms with Crippen molar-refractivity contribution in [2.45, 2.75) is 25.3 Å². The number of halogens is 2. The lowest BCUT2D eigenvalue weighted by Gasteiger charge is -2.31. The molecule has 1 aliphatic rings. The van der Waals surface area contributed by atoms with E-state index in [9.17, 15) is 4.79 Å². The second kappa shape index (κ2) is 7.28. The summed E-state index contributed by atoms with van der Waals surface area (Å²) >= 11 is 0. The molecule has 3 N–H and O–H groups in total. The molecular formula is C14H19Cl2N3O3. The summed E-state index contributed by atoms with van der Waals surface area (Å²) in [6.45, 7) is 2.83. The fourth-order valence-electron chi connectivity index (χ4n) is 2.34. The number of nitrogens with zero attached hydrogens (tertiary/aromatic N) is 1. The number of anilines is 1. The molecule has 1 saturated heterocycles. The van der Waals surface area contributed by atoms with Gasteiger partial charge in [-0.1, -0.05) is 0 Å². The maximum absolute atomic E-state index is 12.3. The van der Waals surface area contributed by atoms with Crippen molar-refractivity contribution in [3.8, 4) is 0 Å². The summed E-state index contributed by atoms with van der Waals surface area (Å²) in [5.41, 5.74) is 7.38. The highest BCUT2D eigenvalue weighted by Gasteiger charge is 2.35. The summed E-state index contributed by atoms with van der Waals surface area (Å²) in [6, 6.07) is 5.36. The van der Waals surface area contributed by atoms with Crippen LogP contribution in [0.1, 0.15) is 18.7 Å². The van der Waals surface area contributed by atoms with E-state index in [1.165, 1.54) is 0 Å². The second-order valence-electron chi connectivity index (χ2n) is 5.14. The number of fused-ring (bicyclic) bond motifs is 1. The molecule has 0 spiro atoms. The van der Waals surface area contributed by atoms with Crippen LogP contribution in [0.15, 0.2) is 22.6 Å². The maximum Gasteiger partial charge on any atom is 0.244 e. The number of nitrogens with one attached hydrogen (secondary N) is 1. The molecule has 0 atom stereocenters. The zero-order valence-corrected chi connectivity index (χ0v) is 13.8. The van der Waals surface area contributed by atoms with E-state index in [-0.39, 0.29) is 30.7 Å². The summed E-state index contributed by atoms with van der Waals surface area (Å²) in [7, 11) is 0. The van der Waals surface area contributed by atoms with Crippen LogP contribution >= 0.6 is 24.8 Å². The van der Waals surface area contributed by atoms with Crippen molar-refractivity contribution in [2.24, 2.45) is 5.73 Å². The van der Waals surface area contributed by atoms with Crippen molar-refractivity contribution in [1.29, 1.82) is 0 Å². The lowest BCUT2D eigenvalue weighted by atomic mass is 9.90. The first-order chi connectivity index (χ1) is 9.57. The smallest absolute Gasteiger partial charge is 0.244 e. The van der Waals surface area contributed by atoms with Crippen LogP contribution < -0.4 is 11.1 Å². The molecule has 22 heavy (non-hydrogen) atoms. The Morgan fingerprint density at radius 2 is 2.00 bits per heavy atom. The molecule has 8 heteroatoms. The number of aryl methyl sites for hydroxylation is 1. The van der Waals surface area contributed by atoms with E-state index in [1.807, 2.05) is 0 Å². The van der Waals surface area contributed by atoms with Gasteiger partial charge in [-0.25, -0.2) is 4.98 Å². The van der Waals surface area contributed by atoms with E-state index in [1.54, 1.807) is 25.1 Å². The predicted octanol–water partition coefficient (Wildman–Crippen LogP) is 2.43. The third-order valence-corrected chi connectivity index (χ3v) is 3.59. The fourth-order valence-corrected chi connectivity index (χ4v) is 2.34. The van der Waals surface area contributed by atoms with Crippen LogP contribution in [-0.4, -0.2) is 29.6 Å². The summed E-state index contributed by atoms with van der Waals surface area (Å²) < 4.78 is 10.6. The Labute approximate surface area is 140 Å². The van der Waals surface area contributed by atoms with E-state index in [2.05, 4.69) is 10.3 Å². The highest BCUT2D eigenvalue weighted by Crippen LogP contribution is 2.23. The fraction of sp³-hybridized carbons (Fsp3) is 0.429. The van der Waals surface area contributed by atoms with Gasteiger partial charge in [-0.05, 0) is 31.0 Å². The first-order valence-corrected chi connectivity index (χ1v) is 6.62. The Morgan fingerprint density at radius 1 is 1.32 bits per heavy atom. The molecule has 1 fully saturated rings. The number of benzene rings is 1. The minimum atomic E-state index is -0.854. The van der Waals surface area contributed by atoms with Crippen LogP contribution in [0.5, 0.6) is 0 Å². The third kappa shape index (κ3) is 3.70. The highest BCUT2D eigenvalue weighted by atomic mass is 35.5. The van der Waals surface area contributed by atoms with Gasteiger partial charge in [0.15, 0.2) is 11.5 Å². The van der Waals surface area contributed by atoms with E-state index < -0.39 is 5.54 Å². The molecule has 3 rings (SSSR count). The van der Waals surface area contributed by atoms with Crippen molar-refractivity contribution in [3.05, 3.63) is 24.1 Å². The predicted molar refractivity (Wildman–Crippen MR) is 88.8 cm³/mol. The Morgan fingerprint density at radius 3 is 2.68 bits per heavy atom. The van der Waals surface area contributed by atoms with Gasteiger partial charge in [0.2, 0.25) is 5.91 Å². The Hall–Kier alpha value is -1.34. The molecule has 0 bridgehead atoms. The van der Waals surface area contributed by atoms with E-state index in [4.69, 9.17) is 14.9 Å². The lowest BCUT2D eigenvalue weighted by Crippen LogP contribution is -2.54. The Bertz CT molecular complexity index is 654. The number of carbonyl (C=O) groups is 1. The number of aromatic nitrogens is 1. The van der Waals surface area contributed by atoms with Gasteiger partial charge in [-0.15, -0.1) is 24.8 Å². The molecule has 2 heterocycles. The van der Waals surface area contributed by atoms with Crippen molar-refractivity contribution in [3.63, 3.8) is 0 Å². The Balaban J connectivity index is 0.00000121. The van der Waals surface area contributed by atoms with Crippen LogP contribution in [0.25, 0.3) is 11.1 Å². The minimum Gasteiger partial charge on any atom is -0.441 e. The van der Waals surface area contributed by atoms with Crippen LogP contribution in [0.3, 0.4) is 0 Å². The van der Waals surface area contributed by atoms with Gasteiger partial charge in [0.1, 0.15) is 11.1 Å². The molecule has 0 saturated carbocycles. The molecule has 1 aromatic carbocycles. The van der Waals surface area contributed by atoms with Crippen LogP contribution in [0.2, 0.25) is 0 Å². The average molecular weight is 348 g/mol. The normalized spacial score (nSPS) is 16.5. The second-order valence-corrected chi connectivity index (χ2v) is 5.14. The number of hydrogen-bond acceptors (Lipinski definition) is 5. The molecule has 2 aromatic rings. The largest absolute Gasteiger partial charge is 0.441 e. The number of amides is 1. The molecule has 1 aromatic heterocycles. The summed E-state index contributed by atoms with van der Waals surface area (Å²) in [6.07, 6.45) is 1.06. The number of hydrogen-bond donors (Lipinski definition) is 2. The molecular weight excluding hydrogens is 329 g/mol. The van der Waals surface area contributed by atoms with Gasteiger partial charge in [-0.2, -0.15) is 0 Å². The summed E-state index contributed by atoms with van der Waals surface area (Å²) in [5, 5.41) is 2.85. The number of oxazole rings is 1. The maximum atomic E-state index is 12.3. The first-order valence-electron chi connectivity index (χ1n) is 6.62. The number of rotatable bonds is 2. The van der Waals surface area contributed by atoms with Crippen LogP contribution in [-0.2, 0) is 9.53 Å². The molecule has 122 valence electrons. The monoisotopic (exact) mass is 347 g/mol. The van der Waals surface area contributed by atoms with Gasteiger partial charge in [0.05, 0.1) is 0 Å². The van der Waals surface area contributed by atoms with Crippen molar-refractivity contribution in [1.82, 2.24) is 4.98 Å². The molecule has 0 unspecified atom stereocenters. The van der Waals surface area contributed by atoms with E-state index in [0.29, 0.717) is 43.2 Å². The highest BCUT2D eigenvalue weighted by molar-refractivity contribution is 5.99. The summed E-state index contributed by atoms with van der Waals surface area (Å²) in [5.74, 6) is 0.420. The third-order valence-electron chi connectivity index (χ3n) is 3.59. The zero-order valence-electron chi connectivity index (χ0n) is 12.1. The number of nitrogens with two attached hydrogens (primary N) is 1. The first kappa shape index (κ1) is 18.7. The zero-order chi connectivity index (χ0) is 14.2. The van der Waals surface area contributed by atoms with E-state index in [0.717, 1.165) is 5.52 Å². The van der Waals surface area contributed by atoms with Crippen molar-refractivity contribution in [2.75, 3.05) is 18.5 Å². The van der Waals surface area contributed by atoms with Gasteiger partial charge in [-0.3, -0.25) is 4.79 Å². The summed E-state index contributed by atoms with van der Waals surface area (Å²) in [4.78, 5) is 16.5. The van der Waals surface area contributed by atoms with Crippen LogP contribution in [0.4, 0.5) is 5.69 Å². The quantitative estimate of drug-likeness (QED) is 0.870. The molecule has 0 radical (unpaired) electrons. The van der Waals surface area contributed by atoms with Gasteiger partial charge >= 0.3 is 0 Å². The van der Waals surface area contributed by atoms with E-state index >= 15 is 0 Å². The number of carbonyl (C=O) groups excluding carboxylic acids is 1. The minimum absolute atomic E-state index is 0. The molecule has 6 nitrogen and oxygen atoms in total. The standard InChI is InChI=1S/C14H17N3O3.2ClH/c1-9-16-11-8-10(2-3-12(11)20-9)17-13(18)14(15)4-6-19-7-5-14;;/h2-3,8H,4-7,15H2,1H3,(H,17,18);2*1H. The van der Waals surface area contributed by atoms with Gasteiger partial charge in [0, 0.05) is 25.8 Å². The van der Waals surface area contributed by atoms with Crippen LogP contribution in [0, 0.1) is 6.92 Å². The number of ether oxygens (including phenoxy) is 1. The molecule has 0 aliphatic carbocycles.